The summed E-state index contributed by atoms with van der Waals surface area (Å²) in [5.41, 5.74) is 2.51. The molecule has 0 saturated heterocycles. The van der Waals surface area contributed by atoms with Crippen LogP contribution in [0.2, 0.25) is 0 Å². The molecule has 4 rings (SSSR count). The smallest absolute Gasteiger partial charge is 0.345 e. The average Bonchev–Trinajstić information content (AvgIpc) is 2.80. The molecule has 150 valence electrons. The van der Waals surface area contributed by atoms with Gasteiger partial charge in [0.05, 0.1) is 24.8 Å². The topological polar surface area (TPSA) is 57.7 Å². The van der Waals surface area contributed by atoms with Gasteiger partial charge in [0.25, 0.3) is 5.65 Å². The highest BCUT2D eigenvalue weighted by Crippen LogP contribution is 2.14. The SMILES string of the molecule is COc1ccc(/C=C/C[n+]2c([O-])c(Cc3ccccc3)c(=O)n3ccccc32)cc1. The van der Waals surface area contributed by atoms with Crippen molar-refractivity contribution in [3.63, 3.8) is 0 Å². The summed E-state index contributed by atoms with van der Waals surface area (Å²) in [4.78, 5) is 13.0. The maximum Gasteiger partial charge on any atom is 0.345 e. The van der Waals surface area contributed by atoms with Crippen LogP contribution >= 0.6 is 0 Å². The summed E-state index contributed by atoms with van der Waals surface area (Å²) in [5, 5.41) is 13.2. The minimum absolute atomic E-state index is 0.255. The molecule has 0 saturated carbocycles. The Hall–Kier alpha value is -3.86. The van der Waals surface area contributed by atoms with Crippen molar-refractivity contribution in [1.82, 2.24) is 4.40 Å². The molecule has 0 aliphatic heterocycles. The Morgan fingerprint density at radius 2 is 1.73 bits per heavy atom. The Morgan fingerprint density at radius 1 is 1.00 bits per heavy atom. The largest absolute Gasteiger partial charge is 0.842 e. The van der Waals surface area contributed by atoms with Gasteiger partial charge in [-0.3, -0.25) is 0 Å². The number of nitrogens with zero attached hydrogens (tertiary/aromatic N) is 2. The van der Waals surface area contributed by atoms with Gasteiger partial charge in [-0.1, -0.05) is 54.6 Å². The molecule has 5 heteroatoms. The van der Waals surface area contributed by atoms with E-state index in [0.717, 1.165) is 16.9 Å². The predicted octanol–water partition coefficient (Wildman–Crippen LogP) is 2.97. The second-order valence-electron chi connectivity index (χ2n) is 6.97. The third-order valence-electron chi connectivity index (χ3n) is 5.03. The molecule has 2 aromatic heterocycles. The highest BCUT2D eigenvalue weighted by molar-refractivity contribution is 5.50. The molecular weight excluding hydrogens is 376 g/mol. The molecule has 30 heavy (non-hydrogen) atoms. The van der Waals surface area contributed by atoms with Gasteiger partial charge >= 0.3 is 5.56 Å². The molecule has 0 radical (unpaired) electrons. The quantitative estimate of drug-likeness (QED) is 0.469. The van der Waals surface area contributed by atoms with Crippen LogP contribution in [0.1, 0.15) is 16.7 Å². The van der Waals surface area contributed by atoms with Crippen molar-refractivity contribution < 1.29 is 14.4 Å². The molecule has 0 bridgehead atoms. The minimum Gasteiger partial charge on any atom is -0.842 e. The number of pyridine rings is 1. The lowest BCUT2D eigenvalue weighted by Crippen LogP contribution is -2.44. The first-order valence-corrected chi connectivity index (χ1v) is 9.75. The maximum absolute atomic E-state index is 13.2. The Morgan fingerprint density at radius 3 is 2.47 bits per heavy atom. The molecule has 0 atom stereocenters. The predicted molar refractivity (Wildman–Crippen MR) is 115 cm³/mol. The molecule has 5 nitrogen and oxygen atoms in total. The molecule has 0 aliphatic rings. The summed E-state index contributed by atoms with van der Waals surface area (Å²) < 4.78 is 8.36. The van der Waals surface area contributed by atoms with Crippen molar-refractivity contribution >= 4 is 11.7 Å². The molecule has 4 aromatic rings. The fourth-order valence-electron chi connectivity index (χ4n) is 3.47. The van der Waals surface area contributed by atoms with E-state index >= 15 is 0 Å². The van der Waals surface area contributed by atoms with E-state index in [2.05, 4.69) is 0 Å². The van der Waals surface area contributed by atoms with E-state index in [1.165, 1.54) is 0 Å². The summed E-state index contributed by atoms with van der Waals surface area (Å²) in [6, 6.07) is 22.7. The minimum atomic E-state index is -0.269. The first-order chi connectivity index (χ1) is 14.7. The lowest BCUT2D eigenvalue weighted by Gasteiger charge is -2.16. The number of benzene rings is 2. The van der Waals surface area contributed by atoms with Crippen molar-refractivity contribution in [2.45, 2.75) is 13.0 Å². The Kier molecular flexibility index (Phi) is 5.61. The molecule has 2 heterocycles. The molecule has 0 N–H and O–H groups in total. The van der Waals surface area contributed by atoms with Crippen LogP contribution in [0.3, 0.4) is 0 Å². The zero-order valence-electron chi connectivity index (χ0n) is 16.7. The van der Waals surface area contributed by atoms with Crippen LogP contribution in [0.25, 0.3) is 11.7 Å². The highest BCUT2D eigenvalue weighted by Gasteiger charge is 2.17. The van der Waals surface area contributed by atoms with Crippen molar-refractivity contribution in [2.24, 2.45) is 0 Å². The van der Waals surface area contributed by atoms with Gasteiger partial charge in [0.2, 0.25) is 0 Å². The van der Waals surface area contributed by atoms with Crippen molar-refractivity contribution in [2.75, 3.05) is 7.11 Å². The summed E-state index contributed by atoms with van der Waals surface area (Å²) in [5.74, 6) is 0.539. The number of ether oxygens (including phenoxy) is 1. The van der Waals surface area contributed by atoms with E-state index in [1.54, 1.807) is 34.4 Å². The third kappa shape index (κ3) is 3.96. The van der Waals surface area contributed by atoms with E-state index in [9.17, 15) is 9.90 Å². The maximum atomic E-state index is 13.2. The van der Waals surface area contributed by atoms with Crippen LogP contribution in [0.5, 0.6) is 11.6 Å². The van der Waals surface area contributed by atoms with Gasteiger partial charge in [-0.05, 0) is 35.4 Å². The van der Waals surface area contributed by atoms with Gasteiger partial charge in [-0.15, -0.1) is 0 Å². The van der Waals surface area contributed by atoms with Crippen LogP contribution in [0, 0.1) is 0 Å². The van der Waals surface area contributed by atoms with Gasteiger partial charge < -0.3 is 9.84 Å². The summed E-state index contributed by atoms with van der Waals surface area (Å²) in [6.07, 6.45) is 5.88. The number of aromatic nitrogens is 2. The van der Waals surface area contributed by atoms with Gasteiger partial charge in [-0.25, -0.2) is 9.36 Å². The summed E-state index contributed by atoms with van der Waals surface area (Å²) in [6.45, 7) is 0.362. The molecule has 2 aromatic carbocycles. The second-order valence-corrected chi connectivity index (χ2v) is 6.97. The first kappa shape index (κ1) is 19.5. The third-order valence-corrected chi connectivity index (χ3v) is 5.03. The molecular formula is C25H22N2O3. The zero-order chi connectivity index (χ0) is 20.9. The van der Waals surface area contributed by atoms with Gasteiger partial charge in [-0.2, -0.15) is 4.40 Å². The zero-order valence-corrected chi connectivity index (χ0v) is 16.7. The average molecular weight is 398 g/mol. The fraction of sp³-hybridized carbons (Fsp3) is 0.120. The van der Waals surface area contributed by atoms with Gasteiger partial charge in [0, 0.05) is 12.5 Å². The van der Waals surface area contributed by atoms with Crippen LogP contribution < -0.4 is 20.0 Å². The van der Waals surface area contributed by atoms with Crippen LogP contribution in [-0.4, -0.2) is 11.5 Å². The Labute approximate surface area is 174 Å². The number of allylic oxidation sites excluding steroid dienone is 1. The molecule has 0 amide bonds. The monoisotopic (exact) mass is 398 g/mol. The lowest BCUT2D eigenvalue weighted by molar-refractivity contribution is -0.708. The highest BCUT2D eigenvalue weighted by atomic mass is 16.5. The van der Waals surface area contributed by atoms with E-state index in [-0.39, 0.29) is 17.0 Å². The number of rotatable bonds is 6. The molecule has 0 aliphatic carbocycles. The number of hydrogen-bond donors (Lipinski definition) is 0. The van der Waals surface area contributed by atoms with E-state index in [1.807, 2.05) is 72.8 Å². The Bertz CT molecular complexity index is 1240. The number of methoxy groups -OCH3 is 1. The molecule has 0 unspecified atom stereocenters. The van der Waals surface area contributed by atoms with Crippen molar-refractivity contribution in [3.8, 4) is 11.6 Å². The van der Waals surface area contributed by atoms with Crippen LogP contribution in [0.4, 0.5) is 0 Å². The van der Waals surface area contributed by atoms with E-state index in [0.29, 0.717) is 18.6 Å². The van der Waals surface area contributed by atoms with Crippen LogP contribution in [0.15, 0.2) is 89.9 Å². The second kappa shape index (κ2) is 8.66. The normalized spacial score (nSPS) is 11.2. The van der Waals surface area contributed by atoms with Gasteiger partial charge in [0.1, 0.15) is 12.3 Å². The summed E-state index contributed by atoms with van der Waals surface area (Å²) >= 11 is 0. The lowest BCUT2D eigenvalue weighted by atomic mass is 10.1. The first-order valence-electron chi connectivity index (χ1n) is 9.75. The number of hydrogen-bond acceptors (Lipinski definition) is 3. The van der Waals surface area contributed by atoms with E-state index in [4.69, 9.17) is 4.74 Å². The fourth-order valence-corrected chi connectivity index (χ4v) is 3.47. The standard InChI is InChI=1S/C25H22N2O3/c1-30-21-14-12-19(13-15-21)10-7-17-27-23-11-5-6-16-26(23)24(28)22(25(27)29)18-20-8-3-2-4-9-20/h2-16H,17-18H2,1H3/b10-7+. The molecule has 0 fully saturated rings. The van der Waals surface area contributed by atoms with Crippen molar-refractivity contribution in [3.05, 3.63) is 112 Å². The van der Waals surface area contributed by atoms with Crippen molar-refractivity contribution in [1.29, 1.82) is 0 Å². The summed E-state index contributed by atoms with van der Waals surface area (Å²) in [7, 11) is 1.63. The molecule has 0 spiro atoms. The Balaban J connectivity index is 1.72. The van der Waals surface area contributed by atoms with Gasteiger partial charge in [0.15, 0.2) is 0 Å². The number of fused-ring (bicyclic) bond motifs is 1. The van der Waals surface area contributed by atoms with E-state index < -0.39 is 0 Å². The van der Waals surface area contributed by atoms with Crippen LogP contribution in [-0.2, 0) is 13.0 Å².